The molecule has 0 aliphatic carbocycles. The van der Waals surface area contributed by atoms with E-state index in [0.717, 1.165) is 16.7 Å². The van der Waals surface area contributed by atoms with Crippen LogP contribution >= 0.6 is 11.6 Å². The lowest BCUT2D eigenvalue weighted by atomic mass is 9.97. The van der Waals surface area contributed by atoms with Crippen LogP contribution in [-0.2, 0) is 20.8 Å². The van der Waals surface area contributed by atoms with E-state index in [2.05, 4.69) is 24.0 Å². The molecule has 6 heteroatoms. The lowest BCUT2D eigenvalue weighted by Gasteiger charge is -2.19. The van der Waals surface area contributed by atoms with Crippen molar-refractivity contribution in [1.82, 2.24) is 0 Å². The Morgan fingerprint density at radius 3 is 2.26 bits per heavy atom. The fourth-order valence-corrected chi connectivity index (χ4v) is 3.42. The molecular weight excluding hydrogens is 412 g/mol. The van der Waals surface area contributed by atoms with Gasteiger partial charge >= 0.3 is 5.97 Å². The first kappa shape index (κ1) is 22.5. The Labute approximate surface area is 187 Å². The molecule has 0 aromatic heterocycles. The molecule has 0 bridgehead atoms. The van der Waals surface area contributed by atoms with Gasteiger partial charge in [-0.15, -0.1) is 0 Å². The van der Waals surface area contributed by atoms with Crippen LogP contribution < -0.4 is 5.73 Å². The number of nitrogens with two attached hydrogens (primary N) is 1. The smallest absolute Gasteiger partial charge is 0.335 e. The fourth-order valence-electron chi connectivity index (χ4n) is 3.23. The van der Waals surface area contributed by atoms with Crippen molar-refractivity contribution in [2.45, 2.75) is 25.6 Å². The first-order chi connectivity index (χ1) is 15.0. The van der Waals surface area contributed by atoms with Crippen LogP contribution in [0.4, 0.5) is 0 Å². The normalized spacial score (nSPS) is 17.1. The predicted octanol–water partition coefficient (Wildman–Crippen LogP) is 4.85. The van der Waals surface area contributed by atoms with Crippen LogP contribution in [0.15, 0.2) is 83.9 Å². The van der Waals surface area contributed by atoms with Gasteiger partial charge in [-0.25, -0.2) is 9.79 Å². The number of aryl methyl sites for hydroxylation is 1. The molecule has 2 unspecified atom stereocenters. The zero-order valence-electron chi connectivity index (χ0n) is 17.5. The Morgan fingerprint density at radius 2 is 1.71 bits per heavy atom. The number of ether oxygens (including phenoxy) is 2. The Hall–Kier alpha value is -3.15. The molecule has 5 nitrogen and oxygen atoms in total. The summed E-state index contributed by atoms with van der Waals surface area (Å²) >= 11 is 6.04. The van der Waals surface area contributed by atoms with E-state index in [9.17, 15) is 4.79 Å². The molecule has 0 radical (unpaired) electrons. The number of hydrogen-bond acceptors (Lipinski definition) is 5. The van der Waals surface area contributed by atoms with Crippen molar-refractivity contribution in [3.05, 3.63) is 106 Å². The van der Waals surface area contributed by atoms with Gasteiger partial charge in [0.05, 0.1) is 7.11 Å². The quantitative estimate of drug-likeness (QED) is 0.593. The van der Waals surface area contributed by atoms with Crippen molar-refractivity contribution >= 4 is 23.5 Å². The van der Waals surface area contributed by atoms with Gasteiger partial charge in [0.1, 0.15) is 0 Å². The topological polar surface area (TPSA) is 73.9 Å². The van der Waals surface area contributed by atoms with E-state index in [0.29, 0.717) is 10.9 Å². The summed E-state index contributed by atoms with van der Waals surface area (Å²) < 4.78 is 10.9. The second-order valence-corrected chi connectivity index (χ2v) is 7.45. The highest BCUT2D eigenvalue weighted by Gasteiger charge is 2.39. The first-order valence-electron chi connectivity index (χ1n) is 9.91. The van der Waals surface area contributed by atoms with Gasteiger partial charge in [-0.2, -0.15) is 0 Å². The highest BCUT2D eigenvalue weighted by atomic mass is 35.5. The number of carbonyl (C=O) groups excluding carboxylic acids is 1. The molecule has 0 fully saturated rings. The number of halogens is 1. The maximum absolute atomic E-state index is 12.2. The summed E-state index contributed by atoms with van der Waals surface area (Å²) in [5, 5.41) is 0.580. The molecule has 0 spiro atoms. The number of aliphatic imine (C=N–C) groups is 1. The van der Waals surface area contributed by atoms with E-state index in [1.807, 2.05) is 54.6 Å². The van der Waals surface area contributed by atoms with Crippen molar-refractivity contribution in [3.63, 3.8) is 0 Å². The van der Waals surface area contributed by atoms with Gasteiger partial charge in [0.15, 0.2) is 12.1 Å². The van der Waals surface area contributed by atoms with Crippen LogP contribution in [0.1, 0.15) is 28.4 Å². The maximum Gasteiger partial charge on any atom is 0.335 e. The first-order valence-corrected chi connectivity index (χ1v) is 10.3. The number of rotatable bonds is 4. The molecule has 2 atom stereocenters. The maximum atomic E-state index is 12.2. The molecule has 1 aliphatic heterocycles. The minimum absolute atomic E-state index is 0.282. The Bertz CT molecular complexity index is 1040. The molecule has 3 aromatic carbocycles. The summed E-state index contributed by atoms with van der Waals surface area (Å²) in [5.74, 6) is -0.0437. The number of nitrogens with zero attached hydrogens (tertiary/aromatic N) is 1. The Balaban J connectivity index is 0.000000330. The number of benzene rings is 3. The van der Waals surface area contributed by atoms with Gasteiger partial charge in [0.2, 0.25) is 5.90 Å². The standard InChI is InChI=1S/C18H17ClN2O3.C7H8/c1-23-18(22)15-16(14-8-7-13(19)9-12(14)10-20)24-17(21-15)11-5-3-2-4-6-11;1-7-5-3-2-4-6-7/h2-9,15-16H,10,20H2,1H3;2-6H,1H3. The fraction of sp³-hybridized carbons (Fsp3) is 0.200. The van der Waals surface area contributed by atoms with E-state index in [1.165, 1.54) is 12.7 Å². The summed E-state index contributed by atoms with van der Waals surface area (Å²) in [6, 6.07) is 24.2. The molecule has 0 saturated heterocycles. The largest absolute Gasteiger partial charge is 0.467 e. The van der Waals surface area contributed by atoms with Crippen LogP contribution in [-0.4, -0.2) is 25.0 Å². The molecule has 1 heterocycles. The highest BCUT2D eigenvalue weighted by molar-refractivity contribution is 6.30. The third-order valence-electron chi connectivity index (χ3n) is 4.82. The lowest BCUT2D eigenvalue weighted by Crippen LogP contribution is -2.26. The van der Waals surface area contributed by atoms with Gasteiger partial charge < -0.3 is 15.2 Å². The van der Waals surface area contributed by atoms with Crippen molar-refractivity contribution in [3.8, 4) is 0 Å². The summed E-state index contributed by atoms with van der Waals surface area (Å²) in [7, 11) is 1.33. The molecule has 160 valence electrons. The van der Waals surface area contributed by atoms with E-state index >= 15 is 0 Å². The van der Waals surface area contributed by atoms with Crippen molar-refractivity contribution in [2.24, 2.45) is 10.7 Å². The molecule has 4 rings (SSSR count). The minimum atomic E-state index is -0.781. The van der Waals surface area contributed by atoms with Gasteiger partial charge in [0.25, 0.3) is 0 Å². The van der Waals surface area contributed by atoms with E-state index < -0.39 is 18.1 Å². The number of hydrogen-bond donors (Lipinski definition) is 1. The minimum Gasteiger partial charge on any atom is -0.467 e. The van der Waals surface area contributed by atoms with E-state index in [1.54, 1.807) is 12.1 Å². The number of methoxy groups -OCH3 is 1. The molecule has 0 amide bonds. The lowest BCUT2D eigenvalue weighted by molar-refractivity contribution is -0.143. The summed E-state index contributed by atoms with van der Waals surface area (Å²) in [5.41, 5.74) is 9.54. The molecular formula is C25H25ClN2O3. The van der Waals surface area contributed by atoms with Crippen molar-refractivity contribution in [2.75, 3.05) is 7.11 Å². The summed E-state index contributed by atoms with van der Waals surface area (Å²) in [6.45, 7) is 2.37. The van der Waals surface area contributed by atoms with Crippen molar-refractivity contribution < 1.29 is 14.3 Å². The number of esters is 1. The molecule has 3 aromatic rings. The van der Waals surface area contributed by atoms with Gasteiger partial charge in [0, 0.05) is 17.1 Å². The average Bonchev–Trinajstić information content (AvgIpc) is 3.25. The van der Waals surface area contributed by atoms with E-state index in [4.69, 9.17) is 26.8 Å². The van der Waals surface area contributed by atoms with Crippen LogP contribution in [0.3, 0.4) is 0 Å². The van der Waals surface area contributed by atoms with Crippen LogP contribution in [0, 0.1) is 6.92 Å². The van der Waals surface area contributed by atoms with E-state index in [-0.39, 0.29) is 6.54 Å². The van der Waals surface area contributed by atoms with Crippen molar-refractivity contribution in [1.29, 1.82) is 0 Å². The molecule has 1 aliphatic rings. The Morgan fingerprint density at radius 1 is 1.06 bits per heavy atom. The van der Waals surface area contributed by atoms with Crippen LogP contribution in [0.2, 0.25) is 5.02 Å². The highest BCUT2D eigenvalue weighted by Crippen LogP contribution is 2.34. The number of carbonyl (C=O) groups is 1. The van der Waals surface area contributed by atoms with Gasteiger partial charge in [-0.3, -0.25) is 0 Å². The SMILES string of the molecule is COC(=O)C1N=C(c2ccccc2)OC1c1ccc(Cl)cc1CN.Cc1ccccc1. The second kappa shape index (κ2) is 10.8. The zero-order valence-corrected chi connectivity index (χ0v) is 18.3. The van der Waals surface area contributed by atoms with Crippen LogP contribution in [0.25, 0.3) is 0 Å². The monoisotopic (exact) mass is 436 g/mol. The molecule has 0 saturated carbocycles. The molecule has 31 heavy (non-hydrogen) atoms. The third kappa shape index (κ3) is 5.72. The summed E-state index contributed by atoms with van der Waals surface area (Å²) in [4.78, 5) is 16.6. The molecule has 2 N–H and O–H groups in total. The predicted molar refractivity (Wildman–Crippen MR) is 123 cm³/mol. The summed E-state index contributed by atoms with van der Waals surface area (Å²) in [6.07, 6.45) is -0.594. The average molecular weight is 437 g/mol. The van der Waals surface area contributed by atoms with Gasteiger partial charge in [-0.05, 0) is 42.3 Å². The zero-order chi connectivity index (χ0) is 22.2. The Kier molecular flexibility index (Phi) is 7.82. The third-order valence-corrected chi connectivity index (χ3v) is 5.05. The van der Waals surface area contributed by atoms with Gasteiger partial charge in [-0.1, -0.05) is 71.8 Å². The second-order valence-electron chi connectivity index (χ2n) is 7.01. The van der Waals surface area contributed by atoms with Crippen LogP contribution in [0.5, 0.6) is 0 Å².